The Bertz CT molecular complexity index is 684. The fourth-order valence-electron chi connectivity index (χ4n) is 2.19. The minimum absolute atomic E-state index is 0.405. The molecule has 0 N–H and O–H groups in total. The van der Waals surface area contributed by atoms with E-state index in [1.54, 1.807) is 6.08 Å². The Morgan fingerprint density at radius 2 is 1.79 bits per heavy atom. The van der Waals surface area contributed by atoms with Gasteiger partial charge < -0.3 is 9.47 Å². The van der Waals surface area contributed by atoms with Crippen molar-refractivity contribution < 1.29 is 14.3 Å². The van der Waals surface area contributed by atoms with Crippen LogP contribution in [0.5, 0.6) is 11.5 Å². The van der Waals surface area contributed by atoms with Gasteiger partial charge in [0.1, 0.15) is 11.5 Å². The number of rotatable bonds is 7. The second kappa shape index (κ2) is 8.92. The molecule has 0 aliphatic carbocycles. The van der Waals surface area contributed by atoms with Crippen LogP contribution in [0.4, 0.5) is 0 Å². The maximum Gasteiger partial charge on any atom is 0.336 e. The number of carbonyl (C=O) groups is 1. The normalized spacial score (nSPS) is 11.0. The Balaban J connectivity index is 2.00. The number of carbonyl (C=O) groups excluding carboxylic acids is 1. The van der Waals surface area contributed by atoms with Crippen LogP contribution >= 0.6 is 0 Å². The van der Waals surface area contributed by atoms with E-state index in [9.17, 15) is 4.79 Å². The van der Waals surface area contributed by atoms with Crippen molar-refractivity contribution >= 4 is 12.0 Å². The molecule has 3 nitrogen and oxygen atoms in total. The summed E-state index contributed by atoms with van der Waals surface area (Å²) in [7, 11) is 0. The average molecular weight is 324 g/mol. The lowest BCUT2D eigenvalue weighted by Crippen LogP contribution is -2.04. The number of hydrogen-bond acceptors (Lipinski definition) is 3. The molecular formula is C21H24O3. The van der Waals surface area contributed by atoms with E-state index in [0.29, 0.717) is 18.3 Å². The predicted molar refractivity (Wildman–Crippen MR) is 97.4 cm³/mol. The first kappa shape index (κ1) is 17.8. The van der Waals surface area contributed by atoms with Crippen LogP contribution in [0.3, 0.4) is 0 Å². The Morgan fingerprint density at radius 3 is 2.46 bits per heavy atom. The molecule has 0 spiro atoms. The van der Waals surface area contributed by atoms with Crippen LogP contribution in [0.15, 0.2) is 54.6 Å². The fourth-order valence-corrected chi connectivity index (χ4v) is 2.19. The van der Waals surface area contributed by atoms with Crippen molar-refractivity contribution in [3.8, 4) is 11.5 Å². The molecule has 0 radical (unpaired) electrons. The van der Waals surface area contributed by atoms with E-state index in [2.05, 4.69) is 20.8 Å². The topological polar surface area (TPSA) is 35.5 Å². The van der Waals surface area contributed by atoms with Crippen molar-refractivity contribution in [2.24, 2.45) is 0 Å². The van der Waals surface area contributed by atoms with Gasteiger partial charge in [0.25, 0.3) is 0 Å². The summed E-state index contributed by atoms with van der Waals surface area (Å²) in [6, 6.07) is 15.2. The molecule has 0 amide bonds. The first-order valence-corrected chi connectivity index (χ1v) is 8.32. The van der Waals surface area contributed by atoms with Crippen LogP contribution in [0.2, 0.25) is 0 Å². The molecule has 0 aliphatic heterocycles. The third-order valence-corrected chi connectivity index (χ3v) is 3.54. The minimum atomic E-state index is -0.405. The summed E-state index contributed by atoms with van der Waals surface area (Å²) in [5.74, 6) is 1.36. The van der Waals surface area contributed by atoms with Crippen LogP contribution in [0.1, 0.15) is 44.2 Å². The molecule has 2 aromatic carbocycles. The molecule has 0 atom stereocenters. The van der Waals surface area contributed by atoms with Gasteiger partial charge in [0.2, 0.25) is 0 Å². The lowest BCUT2D eigenvalue weighted by molar-refractivity contribution is -0.128. The molecule has 126 valence electrons. The van der Waals surface area contributed by atoms with Gasteiger partial charge in [-0.05, 0) is 42.2 Å². The van der Waals surface area contributed by atoms with Crippen molar-refractivity contribution in [2.45, 2.75) is 33.1 Å². The van der Waals surface area contributed by atoms with Gasteiger partial charge in [0.15, 0.2) is 0 Å². The highest BCUT2D eigenvalue weighted by atomic mass is 16.5. The van der Waals surface area contributed by atoms with E-state index in [0.717, 1.165) is 17.7 Å². The number of benzene rings is 2. The van der Waals surface area contributed by atoms with Crippen molar-refractivity contribution in [1.29, 1.82) is 0 Å². The summed E-state index contributed by atoms with van der Waals surface area (Å²) in [6.45, 7) is 6.96. The average Bonchev–Trinajstić information content (AvgIpc) is 2.59. The summed E-state index contributed by atoms with van der Waals surface area (Å²) in [6.07, 6.45) is 4.08. The van der Waals surface area contributed by atoms with E-state index in [-0.39, 0.29) is 0 Å². The predicted octanol–water partition coefficient (Wildman–Crippen LogP) is 5.22. The van der Waals surface area contributed by atoms with Crippen molar-refractivity contribution in [3.05, 3.63) is 65.7 Å². The fraction of sp³-hybridized carbons (Fsp3) is 0.286. The van der Waals surface area contributed by atoms with Gasteiger partial charge in [-0.2, -0.15) is 0 Å². The van der Waals surface area contributed by atoms with Gasteiger partial charge in [-0.25, -0.2) is 4.79 Å². The summed E-state index contributed by atoms with van der Waals surface area (Å²) in [5, 5.41) is 0. The lowest BCUT2D eigenvalue weighted by atomic mass is 10.0. The highest BCUT2D eigenvalue weighted by molar-refractivity contribution is 5.89. The van der Waals surface area contributed by atoms with Crippen LogP contribution in [0.25, 0.3) is 6.08 Å². The molecule has 2 aromatic rings. The maximum absolute atomic E-state index is 12.0. The number of hydrogen-bond donors (Lipinski definition) is 0. The molecule has 3 heteroatoms. The smallest absolute Gasteiger partial charge is 0.336 e. The number of esters is 1. The second-order valence-electron chi connectivity index (χ2n) is 5.86. The molecule has 0 fully saturated rings. The Morgan fingerprint density at radius 1 is 1.08 bits per heavy atom. The van der Waals surface area contributed by atoms with Gasteiger partial charge >= 0.3 is 5.97 Å². The van der Waals surface area contributed by atoms with Gasteiger partial charge in [-0.1, -0.05) is 51.1 Å². The van der Waals surface area contributed by atoms with E-state index in [1.807, 2.05) is 48.5 Å². The highest BCUT2D eigenvalue weighted by Crippen LogP contribution is 2.21. The lowest BCUT2D eigenvalue weighted by Gasteiger charge is -2.08. The quantitative estimate of drug-likeness (QED) is 0.398. The molecule has 0 aromatic heterocycles. The summed E-state index contributed by atoms with van der Waals surface area (Å²) < 4.78 is 11.0. The van der Waals surface area contributed by atoms with Crippen molar-refractivity contribution in [1.82, 2.24) is 0 Å². The zero-order valence-electron chi connectivity index (χ0n) is 14.5. The second-order valence-corrected chi connectivity index (χ2v) is 5.86. The molecule has 0 heterocycles. The standard InChI is InChI=1S/C21H24O3/c1-4-15-23-20-8-6-5-7-18(20)11-14-21(22)24-19-12-9-17(10-13-19)16(2)3/h5-14,16H,4,15H2,1-3H3/b14-11+. The third-order valence-electron chi connectivity index (χ3n) is 3.54. The number of para-hydroxylation sites is 1. The molecular weight excluding hydrogens is 300 g/mol. The van der Waals surface area contributed by atoms with Gasteiger partial charge in [0, 0.05) is 11.6 Å². The SMILES string of the molecule is CCCOc1ccccc1/C=C/C(=O)Oc1ccc(C(C)C)cc1. The minimum Gasteiger partial charge on any atom is -0.493 e. The van der Waals surface area contributed by atoms with Gasteiger partial charge in [0.05, 0.1) is 6.61 Å². The summed E-state index contributed by atoms with van der Waals surface area (Å²) in [5.41, 5.74) is 2.07. The van der Waals surface area contributed by atoms with E-state index in [1.165, 1.54) is 11.6 Å². The molecule has 2 rings (SSSR count). The summed E-state index contributed by atoms with van der Waals surface area (Å²) >= 11 is 0. The largest absolute Gasteiger partial charge is 0.493 e. The van der Waals surface area contributed by atoms with Crippen LogP contribution in [-0.2, 0) is 4.79 Å². The maximum atomic E-state index is 12.0. The third kappa shape index (κ3) is 5.27. The van der Waals surface area contributed by atoms with Crippen LogP contribution in [0, 0.1) is 0 Å². The summed E-state index contributed by atoms with van der Waals surface area (Å²) in [4.78, 5) is 12.0. The van der Waals surface area contributed by atoms with E-state index >= 15 is 0 Å². The zero-order valence-corrected chi connectivity index (χ0v) is 14.5. The first-order chi connectivity index (χ1) is 11.6. The first-order valence-electron chi connectivity index (χ1n) is 8.32. The van der Waals surface area contributed by atoms with E-state index < -0.39 is 5.97 Å². The van der Waals surface area contributed by atoms with E-state index in [4.69, 9.17) is 9.47 Å². The molecule has 0 unspecified atom stereocenters. The molecule has 0 saturated carbocycles. The van der Waals surface area contributed by atoms with Gasteiger partial charge in [-0.15, -0.1) is 0 Å². The Hall–Kier alpha value is -2.55. The zero-order chi connectivity index (χ0) is 17.4. The molecule has 24 heavy (non-hydrogen) atoms. The van der Waals surface area contributed by atoms with Crippen molar-refractivity contribution in [3.63, 3.8) is 0 Å². The monoisotopic (exact) mass is 324 g/mol. The molecule has 0 aliphatic rings. The molecule has 0 bridgehead atoms. The molecule has 0 saturated heterocycles. The van der Waals surface area contributed by atoms with Gasteiger partial charge in [-0.3, -0.25) is 0 Å². The van der Waals surface area contributed by atoms with Crippen LogP contribution in [-0.4, -0.2) is 12.6 Å². The number of ether oxygens (including phenoxy) is 2. The van der Waals surface area contributed by atoms with Crippen LogP contribution < -0.4 is 9.47 Å². The Labute approximate surface area is 143 Å². The van der Waals surface area contributed by atoms with Crippen molar-refractivity contribution in [2.75, 3.05) is 6.61 Å². The highest BCUT2D eigenvalue weighted by Gasteiger charge is 2.04. The Kier molecular flexibility index (Phi) is 6.62.